The van der Waals surface area contributed by atoms with Gasteiger partial charge in [-0.15, -0.1) is 0 Å². The van der Waals surface area contributed by atoms with Gasteiger partial charge in [0, 0.05) is 21.7 Å². The average Bonchev–Trinajstić information content (AvgIpc) is 3.60. The highest BCUT2D eigenvalue weighted by Gasteiger charge is 2.42. The molecule has 1 aliphatic heterocycles. The van der Waals surface area contributed by atoms with E-state index in [9.17, 15) is 0 Å². The lowest BCUT2D eigenvalue weighted by atomic mass is 9.45. The summed E-state index contributed by atoms with van der Waals surface area (Å²) in [4.78, 5) is 13.5. The lowest BCUT2D eigenvalue weighted by Gasteiger charge is -2.39. The minimum absolute atomic E-state index is 0.241. The van der Waals surface area contributed by atoms with Gasteiger partial charge < -0.3 is 9.23 Å². The largest absolute Gasteiger partial charge is 0.455 e. The van der Waals surface area contributed by atoms with Gasteiger partial charge in [-0.2, -0.15) is 0 Å². The van der Waals surface area contributed by atoms with Crippen molar-refractivity contribution in [2.75, 3.05) is 4.81 Å². The minimum Gasteiger partial charge on any atom is -0.455 e. The number of hydrogen-bond donors (Lipinski definition) is 0. The Balaban J connectivity index is 1.37. The van der Waals surface area contributed by atoms with Crippen molar-refractivity contribution >= 4 is 110 Å². The molecule has 53 heavy (non-hydrogen) atoms. The Kier molecular flexibility index (Phi) is 6.50. The second-order valence-corrected chi connectivity index (χ2v) is 14.2. The molecule has 0 amide bonds. The minimum atomic E-state index is -0.241. The van der Waals surface area contributed by atoms with Crippen molar-refractivity contribution in [1.82, 2.24) is 9.97 Å². The van der Waals surface area contributed by atoms with Crippen molar-refractivity contribution in [2.45, 2.75) is 0 Å². The Morgan fingerprint density at radius 3 is 2.09 bits per heavy atom. The number of para-hydroxylation sites is 2. The van der Waals surface area contributed by atoms with Gasteiger partial charge in [0.15, 0.2) is 0 Å². The van der Waals surface area contributed by atoms with Crippen LogP contribution in [-0.4, -0.2) is 32.5 Å². The van der Waals surface area contributed by atoms with Crippen molar-refractivity contribution in [2.24, 2.45) is 0 Å². The Hall–Kier alpha value is -6.59. The SMILES string of the molecule is Bc1ccc(-c2nc(N3B(c4ccccc4)c4ccc5ccccc5c4-c4c3c3c5ccccc5oc3c3ccccc43)nc3ccccc23)c(B)c1. The number of nitrogens with zero attached hydrogens (tertiary/aromatic N) is 3. The molecule has 10 aromatic rings. The van der Waals surface area contributed by atoms with Gasteiger partial charge in [0.2, 0.25) is 5.95 Å². The molecule has 11 rings (SSSR count). The molecule has 2 aromatic heterocycles. The van der Waals surface area contributed by atoms with E-state index in [1.165, 1.54) is 38.3 Å². The second-order valence-electron chi connectivity index (χ2n) is 14.2. The summed E-state index contributed by atoms with van der Waals surface area (Å²) in [6.07, 6.45) is 0. The van der Waals surface area contributed by atoms with Gasteiger partial charge in [-0.25, -0.2) is 9.97 Å². The molecule has 244 valence electrons. The van der Waals surface area contributed by atoms with Crippen LogP contribution in [0.25, 0.3) is 76.8 Å². The third-order valence-corrected chi connectivity index (χ3v) is 11.1. The molecule has 1 aliphatic rings. The molecule has 0 N–H and O–H groups in total. The van der Waals surface area contributed by atoms with E-state index in [0.717, 1.165) is 66.0 Å². The summed E-state index contributed by atoms with van der Waals surface area (Å²) in [5, 5.41) is 7.82. The molecule has 7 heteroatoms. The van der Waals surface area contributed by atoms with E-state index in [2.05, 4.69) is 178 Å². The Labute approximate surface area is 308 Å². The van der Waals surface area contributed by atoms with Crippen molar-refractivity contribution in [3.63, 3.8) is 0 Å². The summed E-state index contributed by atoms with van der Waals surface area (Å²) in [6.45, 7) is -0.241. The fourth-order valence-electron chi connectivity index (χ4n) is 8.82. The van der Waals surface area contributed by atoms with Crippen LogP contribution < -0.4 is 26.7 Å². The number of furan rings is 1. The van der Waals surface area contributed by atoms with Crippen LogP contribution in [0, 0.1) is 0 Å². The predicted octanol–water partition coefficient (Wildman–Crippen LogP) is 6.94. The number of fused-ring (bicyclic) bond motifs is 13. The monoisotopic (exact) mass is 673 g/mol. The van der Waals surface area contributed by atoms with Gasteiger partial charge in [0.05, 0.1) is 22.3 Å². The van der Waals surface area contributed by atoms with Crippen LogP contribution in [0.2, 0.25) is 0 Å². The van der Waals surface area contributed by atoms with Crippen molar-refractivity contribution < 1.29 is 4.42 Å². The first-order valence-electron chi connectivity index (χ1n) is 18.2. The predicted molar refractivity (Wildman–Crippen MR) is 229 cm³/mol. The Morgan fingerprint density at radius 1 is 0.566 bits per heavy atom. The lowest BCUT2D eigenvalue weighted by molar-refractivity contribution is 0.672. The summed E-state index contributed by atoms with van der Waals surface area (Å²) in [5.74, 6) is 0.648. The summed E-state index contributed by atoms with van der Waals surface area (Å²) < 4.78 is 6.86. The van der Waals surface area contributed by atoms with Gasteiger partial charge >= 0.3 is 6.85 Å². The van der Waals surface area contributed by atoms with Crippen LogP contribution in [0.5, 0.6) is 0 Å². The first-order chi connectivity index (χ1) is 26.1. The molecule has 0 unspecified atom stereocenters. The summed E-state index contributed by atoms with van der Waals surface area (Å²) in [5.41, 5.74) is 12.9. The topological polar surface area (TPSA) is 42.2 Å². The molecular formula is C46H30B3N3O. The zero-order chi connectivity index (χ0) is 35.2. The number of aromatic nitrogens is 2. The highest BCUT2D eigenvalue weighted by atomic mass is 16.3. The van der Waals surface area contributed by atoms with Crippen LogP contribution >= 0.6 is 0 Å². The van der Waals surface area contributed by atoms with E-state index < -0.39 is 0 Å². The third-order valence-electron chi connectivity index (χ3n) is 11.1. The molecule has 0 radical (unpaired) electrons. The maximum atomic E-state index is 6.86. The highest BCUT2D eigenvalue weighted by Crippen LogP contribution is 2.52. The van der Waals surface area contributed by atoms with E-state index in [1.54, 1.807) is 0 Å². The summed E-state index contributed by atoms with van der Waals surface area (Å²) >= 11 is 0. The molecular weight excluding hydrogens is 643 g/mol. The number of hydrogen-bond acceptors (Lipinski definition) is 4. The fourth-order valence-corrected chi connectivity index (χ4v) is 8.82. The molecule has 0 saturated heterocycles. The van der Waals surface area contributed by atoms with Gasteiger partial charge in [-0.3, -0.25) is 0 Å². The molecule has 4 nitrogen and oxygen atoms in total. The summed E-state index contributed by atoms with van der Waals surface area (Å²) in [7, 11) is 4.32. The molecule has 0 bridgehead atoms. The molecule has 0 aliphatic carbocycles. The van der Waals surface area contributed by atoms with E-state index in [1.807, 2.05) is 0 Å². The maximum Gasteiger partial charge on any atom is 0.332 e. The standard InChI is InChI=1S/C46H30B3N3O/c47-28-23-24-33(36(48)26-28)43-34-18-8-10-20-38(34)50-46(51-43)52-44-41(31-16-6-7-17-32(31)45-42(44)35-19-9-11-21-39(35)53-45)40-30-15-5-4-12-27(30)22-25-37(40)49(52)29-13-2-1-3-14-29/h1-26H,47-48H2. The van der Waals surface area contributed by atoms with Crippen LogP contribution in [-0.2, 0) is 0 Å². The van der Waals surface area contributed by atoms with Crippen LogP contribution in [0.1, 0.15) is 0 Å². The van der Waals surface area contributed by atoms with Crippen LogP contribution in [0.4, 0.5) is 11.6 Å². The molecule has 0 fully saturated rings. The quantitative estimate of drug-likeness (QED) is 0.191. The first kappa shape index (κ1) is 30.1. The zero-order valence-electron chi connectivity index (χ0n) is 29.3. The van der Waals surface area contributed by atoms with Crippen molar-refractivity contribution in [1.29, 1.82) is 0 Å². The highest BCUT2D eigenvalue weighted by molar-refractivity contribution is 6.91. The van der Waals surface area contributed by atoms with Gasteiger partial charge in [-0.1, -0.05) is 162 Å². The van der Waals surface area contributed by atoms with Crippen molar-refractivity contribution in [3.8, 4) is 22.4 Å². The Morgan fingerprint density at radius 2 is 1.26 bits per heavy atom. The fraction of sp³-hybridized carbons (Fsp3) is 0. The van der Waals surface area contributed by atoms with Crippen LogP contribution in [0.15, 0.2) is 162 Å². The van der Waals surface area contributed by atoms with E-state index in [-0.39, 0.29) is 6.85 Å². The lowest BCUT2D eigenvalue weighted by Crippen LogP contribution is -2.58. The number of rotatable bonds is 3. The first-order valence-corrected chi connectivity index (χ1v) is 18.2. The molecule has 3 heterocycles. The van der Waals surface area contributed by atoms with E-state index in [4.69, 9.17) is 14.4 Å². The Bertz CT molecular complexity index is 3120. The smallest absolute Gasteiger partial charge is 0.332 e. The van der Waals surface area contributed by atoms with E-state index >= 15 is 0 Å². The van der Waals surface area contributed by atoms with Gasteiger partial charge in [0.1, 0.15) is 26.9 Å². The third kappa shape index (κ3) is 4.40. The van der Waals surface area contributed by atoms with Crippen LogP contribution in [0.3, 0.4) is 0 Å². The molecule has 0 saturated carbocycles. The van der Waals surface area contributed by atoms with E-state index in [0.29, 0.717) is 5.95 Å². The number of benzene rings is 8. The van der Waals surface area contributed by atoms with Gasteiger partial charge in [0.25, 0.3) is 0 Å². The average molecular weight is 673 g/mol. The molecule has 0 atom stereocenters. The zero-order valence-corrected chi connectivity index (χ0v) is 29.3. The summed E-state index contributed by atoms with van der Waals surface area (Å²) in [6, 6.07) is 56.3. The molecule has 8 aromatic carbocycles. The number of anilines is 2. The normalized spacial score (nSPS) is 12.6. The van der Waals surface area contributed by atoms with Crippen molar-refractivity contribution in [3.05, 3.63) is 158 Å². The maximum absolute atomic E-state index is 6.86. The second kappa shape index (κ2) is 11.5. The molecule has 0 spiro atoms. The van der Waals surface area contributed by atoms with Gasteiger partial charge in [-0.05, 0) is 44.9 Å².